The van der Waals surface area contributed by atoms with Crippen LogP contribution in [0.4, 0.5) is 0 Å². The first-order valence-corrected chi connectivity index (χ1v) is 10.2. The Morgan fingerprint density at radius 3 is 2.55 bits per heavy atom. The molecule has 0 atom stereocenters. The van der Waals surface area contributed by atoms with E-state index in [1.54, 1.807) is 18.4 Å². The molecule has 148 valence electrons. The topological polar surface area (TPSA) is 63.5 Å². The largest absolute Gasteiger partial charge is 0.497 e. The molecule has 0 bridgehead atoms. The Morgan fingerprint density at radius 1 is 1.07 bits per heavy atom. The number of hydrogen-bond acceptors (Lipinski definition) is 4. The maximum Gasteiger partial charge on any atom is 0.352 e. The Morgan fingerprint density at radius 2 is 1.86 bits per heavy atom. The van der Waals surface area contributed by atoms with Crippen molar-refractivity contribution in [3.05, 3.63) is 87.7 Å². The summed E-state index contributed by atoms with van der Waals surface area (Å²) >= 11 is 1.69. The third kappa shape index (κ3) is 4.04. The van der Waals surface area contributed by atoms with Crippen LogP contribution in [0.5, 0.6) is 5.75 Å². The van der Waals surface area contributed by atoms with Gasteiger partial charge in [-0.25, -0.2) is 4.79 Å². The lowest BCUT2D eigenvalue weighted by atomic mass is 10.1. The fourth-order valence-electron chi connectivity index (χ4n) is 3.60. The molecule has 4 rings (SSSR count). The number of thiophene rings is 1. The second kappa shape index (κ2) is 8.51. The van der Waals surface area contributed by atoms with Gasteiger partial charge in [0.15, 0.2) is 0 Å². The Labute approximate surface area is 173 Å². The average Bonchev–Trinajstić information content (AvgIpc) is 3.36. The molecular weight excluding hydrogens is 384 g/mol. The summed E-state index contributed by atoms with van der Waals surface area (Å²) < 4.78 is 7.11. The van der Waals surface area contributed by atoms with E-state index in [1.165, 1.54) is 4.88 Å². The number of hydrogen-bond donors (Lipinski definition) is 2. The summed E-state index contributed by atoms with van der Waals surface area (Å²) in [6, 6.07) is 19.7. The first kappa shape index (κ1) is 19.2. The molecule has 0 aliphatic carbocycles. The lowest BCUT2D eigenvalue weighted by molar-refractivity contribution is 0.0685. The predicted octanol–water partition coefficient (Wildman–Crippen LogP) is 4.75. The van der Waals surface area contributed by atoms with E-state index in [4.69, 9.17) is 4.74 Å². The van der Waals surface area contributed by atoms with E-state index < -0.39 is 5.97 Å². The molecule has 0 radical (unpaired) electrons. The fourth-order valence-corrected chi connectivity index (χ4v) is 4.27. The Kier molecular flexibility index (Phi) is 5.64. The van der Waals surface area contributed by atoms with Crippen LogP contribution in [0.3, 0.4) is 0 Å². The van der Waals surface area contributed by atoms with E-state index in [-0.39, 0.29) is 0 Å². The number of carboxylic acids is 1. The molecule has 0 aliphatic heterocycles. The van der Waals surface area contributed by atoms with Gasteiger partial charge in [0.05, 0.1) is 7.11 Å². The van der Waals surface area contributed by atoms with E-state index >= 15 is 0 Å². The monoisotopic (exact) mass is 406 g/mol. The van der Waals surface area contributed by atoms with Crippen molar-refractivity contribution >= 4 is 28.2 Å². The van der Waals surface area contributed by atoms with Gasteiger partial charge in [0, 0.05) is 41.0 Å². The summed E-state index contributed by atoms with van der Waals surface area (Å²) in [6.45, 7) is 1.70. The SMILES string of the molecule is COc1ccc(Cn2c(C(=O)O)c(CNCc3cccs3)c3ccccc32)cc1. The summed E-state index contributed by atoms with van der Waals surface area (Å²) in [7, 11) is 1.63. The number of methoxy groups -OCH3 is 1. The van der Waals surface area contributed by atoms with E-state index in [9.17, 15) is 9.90 Å². The van der Waals surface area contributed by atoms with Crippen molar-refractivity contribution in [2.75, 3.05) is 7.11 Å². The van der Waals surface area contributed by atoms with Crippen LogP contribution in [-0.2, 0) is 19.6 Å². The zero-order valence-corrected chi connectivity index (χ0v) is 16.9. The highest BCUT2D eigenvalue weighted by Gasteiger charge is 2.22. The molecular formula is C23H22N2O3S. The molecule has 0 spiro atoms. The van der Waals surface area contributed by atoms with Gasteiger partial charge in [0.1, 0.15) is 11.4 Å². The minimum Gasteiger partial charge on any atom is -0.497 e. The lowest BCUT2D eigenvalue weighted by Crippen LogP contribution is -2.16. The number of carboxylic acid groups (broad SMARTS) is 1. The normalized spacial score (nSPS) is 11.1. The lowest BCUT2D eigenvalue weighted by Gasteiger charge is -2.10. The molecule has 2 heterocycles. The van der Waals surface area contributed by atoms with Gasteiger partial charge in [0.2, 0.25) is 0 Å². The molecule has 0 amide bonds. The molecule has 0 aliphatic rings. The molecule has 0 fully saturated rings. The molecule has 5 nitrogen and oxygen atoms in total. The maximum absolute atomic E-state index is 12.2. The van der Waals surface area contributed by atoms with Crippen molar-refractivity contribution in [2.24, 2.45) is 0 Å². The van der Waals surface area contributed by atoms with E-state index in [0.29, 0.717) is 25.3 Å². The van der Waals surface area contributed by atoms with Crippen molar-refractivity contribution in [1.82, 2.24) is 9.88 Å². The second-order valence-electron chi connectivity index (χ2n) is 6.77. The molecule has 2 aromatic carbocycles. The number of para-hydroxylation sites is 1. The molecule has 4 aromatic rings. The number of aromatic carboxylic acids is 1. The Hall–Kier alpha value is -3.09. The molecule has 2 N–H and O–H groups in total. The van der Waals surface area contributed by atoms with Gasteiger partial charge in [-0.05, 0) is 35.2 Å². The van der Waals surface area contributed by atoms with E-state index in [1.807, 2.05) is 64.5 Å². The van der Waals surface area contributed by atoms with Crippen LogP contribution in [0.2, 0.25) is 0 Å². The number of nitrogens with zero attached hydrogens (tertiary/aromatic N) is 1. The number of fused-ring (bicyclic) bond motifs is 1. The number of rotatable bonds is 8. The highest BCUT2D eigenvalue weighted by molar-refractivity contribution is 7.09. The van der Waals surface area contributed by atoms with Gasteiger partial charge < -0.3 is 19.7 Å². The summed E-state index contributed by atoms with van der Waals surface area (Å²) in [5, 5.41) is 16.4. The number of benzene rings is 2. The van der Waals surface area contributed by atoms with Crippen molar-refractivity contribution in [2.45, 2.75) is 19.6 Å². The zero-order valence-electron chi connectivity index (χ0n) is 16.1. The molecule has 29 heavy (non-hydrogen) atoms. The number of carbonyl (C=O) groups is 1. The number of ether oxygens (including phenoxy) is 1. The summed E-state index contributed by atoms with van der Waals surface area (Å²) in [6.07, 6.45) is 0. The van der Waals surface area contributed by atoms with E-state index in [0.717, 1.165) is 27.8 Å². The Balaban J connectivity index is 1.70. The average molecular weight is 407 g/mol. The van der Waals surface area contributed by atoms with Crippen LogP contribution >= 0.6 is 11.3 Å². The van der Waals surface area contributed by atoms with Crippen LogP contribution in [0, 0.1) is 0 Å². The molecule has 2 aromatic heterocycles. The van der Waals surface area contributed by atoms with Crippen LogP contribution in [-0.4, -0.2) is 22.8 Å². The first-order chi connectivity index (χ1) is 14.2. The highest BCUT2D eigenvalue weighted by Crippen LogP contribution is 2.28. The van der Waals surface area contributed by atoms with Gasteiger partial charge >= 0.3 is 5.97 Å². The van der Waals surface area contributed by atoms with Crippen LogP contribution in [0.1, 0.15) is 26.5 Å². The zero-order chi connectivity index (χ0) is 20.2. The van der Waals surface area contributed by atoms with Crippen molar-refractivity contribution in [1.29, 1.82) is 0 Å². The maximum atomic E-state index is 12.2. The minimum atomic E-state index is -0.914. The van der Waals surface area contributed by atoms with Gasteiger partial charge in [-0.2, -0.15) is 0 Å². The Bertz CT molecular complexity index is 1120. The smallest absolute Gasteiger partial charge is 0.352 e. The van der Waals surface area contributed by atoms with Crippen molar-refractivity contribution < 1.29 is 14.6 Å². The van der Waals surface area contributed by atoms with Crippen molar-refractivity contribution in [3.8, 4) is 5.75 Å². The summed E-state index contributed by atoms with van der Waals surface area (Å²) in [5.41, 5.74) is 3.10. The summed E-state index contributed by atoms with van der Waals surface area (Å²) in [5.74, 6) is -0.134. The van der Waals surface area contributed by atoms with Gasteiger partial charge in [0.25, 0.3) is 0 Å². The van der Waals surface area contributed by atoms with Gasteiger partial charge in [-0.1, -0.05) is 36.4 Å². The predicted molar refractivity (Wildman–Crippen MR) is 116 cm³/mol. The number of nitrogens with one attached hydrogen (secondary N) is 1. The van der Waals surface area contributed by atoms with Crippen LogP contribution in [0.25, 0.3) is 10.9 Å². The number of aromatic nitrogens is 1. The van der Waals surface area contributed by atoms with E-state index in [2.05, 4.69) is 11.4 Å². The highest BCUT2D eigenvalue weighted by atomic mass is 32.1. The molecule has 0 saturated carbocycles. The van der Waals surface area contributed by atoms with Crippen LogP contribution in [0.15, 0.2) is 66.0 Å². The van der Waals surface area contributed by atoms with Crippen LogP contribution < -0.4 is 10.1 Å². The molecule has 0 saturated heterocycles. The molecule has 0 unspecified atom stereocenters. The summed E-state index contributed by atoms with van der Waals surface area (Å²) in [4.78, 5) is 13.5. The van der Waals surface area contributed by atoms with Gasteiger partial charge in [-0.3, -0.25) is 0 Å². The minimum absolute atomic E-state index is 0.334. The first-order valence-electron chi connectivity index (χ1n) is 9.37. The van der Waals surface area contributed by atoms with Crippen molar-refractivity contribution in [3.63, 3.8) is 0 Å². The second-order valence-corrected chi connectivity index (χ2v) is 7.80. The molecule has 6 heteroatoms. The quantitative estimate of drug-likeness (QED) is 0.443. The van der Waals surface area contributed by atoms with Gasteiger partial charge in [-0.15, -0.1) is 11.3 Å². The standard InChI is InChI=1S/C23H22N2O3S/c1-28-17-10-8-16(9-11-17)15-25-21-7-3-2-6-19(21)20(22(25)23(26)27)14-24-13-18-5-4-12-29-18/h2-12,24H,13-15H2,1H3,(H,26,27). The third-order valence-corrected chi connectivity index (χ3v) is 5.84. The third-order valence-electron chi connectivity index (χ3n) is 4.96. The fraction of sp³-hybridized carbons (Fsp3) is 0.174.